The number of nitrogens with zero attached hydrogens (tertiary/aromatic N) is 2. The molecule has 1 aliphatic rings. The maximum Gasteiger partial charge on any atom is 0.122 e. The zero-order chi connectivity index (χ0) is 14.7. The summed E-state index contributed by atoms with van der Waals surface area (Å²) < 4.78 is 0. The van der Waals surface area contributed by atoms with Gasteiger partial charge >= 0.3 is 0 Å². The Bertz CT molecular complexity index is 439. The van der Waals surface area contributed by atoms with Crippen LogP contribution in [0.25, 0.3) is 0 Å². The Hall–Kier alpha value is -1.26. The van der Waals surface area contributed by atoms with Gasteiger partial charge in [0.1, 0.15) is 5.75 Å². The molecule has 0 saturated carbocycles. The molecule has 1 aliphatic heterocycles. The molecule has 2 N–H and O–H groups in total. The molecule has 1 atom stereocenters. The van der Waals surface area contributed by atoms with Crippen LogP contribution >= 0.6 is 0 Å². The first-order valence-corrected chi connectivity index (χ1v) is 7.44. The van der Waals surface area contributed by atoms with Crippen LogP contribution in [0.15, 0.2) is 18.2 Å². The van der Waals surface area contributed by atoms with Gasteiger partial charge in [0.25, 0.3) is 0 Å². The van der Waals surface area contributed by atoms with Crippen molar-refractivity contribution in [3.8, 4) is 5.75 Å². The zero-order valence-electron chi connectivity index (χ0n) is 13.1. The quantitative estimate of drug-likeness (QED) is 0.885. The second-order valence-electron chi connectivity index (χ2n) is 5.94. The van der Waals surface area contributed by atoms with E-state index in [1.54, 1.807) is 0 Å². The molecule has 1 fully saturated rings. The zero-order valence-corrected chi connectivity index (χ0v) is 13.1. The van der Waals surface area contributed by atoms with Crippen molar-refractivity contribution < 1.29 is 5.11 Å². The Balaban J connectivity index is 2.06. The molecule has 1 heterocycles. The van der Waals surface area contributed by atoms with Crippen LogP contribution in [-0.4, -0.2) is 50.3 Å². The van der Waals surface area contributed by atoms with Gasteiger partial charge in [-0.3, -0.25) is 0 Å². The first-order valence-electron chi connectivity index (χ1n) is 7.44. The highest BCUT2D eigenvalue weighted by molar-refractivity contribution is 5.54. The highest BCUT2D eigenvalue weighted by Crippen LogP contribution is 2.30. The lowest BCUT2D eigenvalue weighted by Crippen LogP contribution is -2.41. The number of rotatable bonds is 4. The van der Waals surface area contributed by atoms with Crippen LogP contribution in [0.5, 0.6) is 5.75 Å². The number of anilines is 1. The first-order chi connectivity index (χ1) is 9.52. The van der Waals surface area contributed by atoms with Gasteiger partial charge in [-0.25, -0.2) is 0 Å². The van der Waals surface area contributed by atoms with Crippen LogP contribution in [0.3, 0.4) is 0 Å². The summed E-state index contributed by atoms with van der Waals surface area (Å²) in [4.78, 5) is 4.68. The van der Waals surface area contributed by atoms with E-state index in [0.29, 0.717) is 11.8 Å². The third-order valence-corrected chi connectivity index (χ3v) is 4.47. The fraction of sp³-hybridized carbons (Fsp3) is 0.625. The number of phenolic OH excluding ortho intramolecular Hbond substituents is 1. The van der Waals surface area contributed by atoms with Gasteiger partial charge in [-0.15, -0.1) is 0 Å². The Morgan fingerprint density at radius 1 is 1.30 bits per heavy atom. The topological polar surface area (TPSA) is 38.7 Å². The number of benzene rings is 1. The summed E-state index contributed by atoms with van der Waals surface area (Å²) in [5.41, 5.74) is 2.09. The second-order valence-corrected chi connectivity index (χ2v) is 5.94. The van der Waals surface area contributed by atoms with E-state index in [1.807, 2.05) is 19.2 Å². The van der Waals surface area contributed by atoms with Crippen molar-refractivity contribution >= 4 is 5.69 Å². The van der Waals surface area contributed by atoms with Gasteiger partial charge in [-0.2, -0.15) is 0 Å². The highest BCUT2D eigenvalue weighted by Gasteiger charge is 2.21. The summed E-state index contributed by atoms with van der Waals surface area (Å²) in [6.45, 7) is 4.17. The van der Waals surface area contributed by atoms with Gasteiger partial charge in [0.2, 0.25) is 0 Å². The molecule has 20 heavy (non-hydrogen) atoms. The largest absolute Gasteiger partial charge is 0.508 e. The van der Waals surface area contributed by atoms with Crippen LogP contribution in [0.1, 0.15) is 31.4 Å². The maximum atomic E-state index is 10.2. The average Bonchev–Trinajstić information content (AvgIpc) is 2.46. The molecular formula is C16H27N3O. The number of nitrogens with one attached hydrogen (secondary N) is 1. The normalized spacial score (nSPS) is 18.6. The third kappa shape index (κ3) is 3.25. The third-order valence-electron chi connectivity index (χ3n) is 4.47. The molecule has 0 bridgehead atoms. The smallest absolute Gasteiger partial charge is 0.122 e. The molecule has 1 unspecified atom stereocenters. The van der Waals surface area contributed by atoms with Crippen LogP contribution < -0.4 is 10.2 Å². The van der Waals surface area contributed by atoms with Crippen molar-refractivity contribution in [1.82, 2.24) is 10.2 Å². The minimum atomic E-state index is 0.170. The molecule has 4 heteroatoms. The molecule has 0 amide bonds. The van der Waals surface area contributed by atoms with Gasteiger partial charge in [0.15, 0.2) is 0 Å². The summed E-state index contributed by atoms with van der Waals surface area (Å²) in [6.07, 6.45) is 2.37. The number of aromatic hydroxyl groups is 1. The van der Waals surface area contributed by atoms with Gasteiger partial charge in [0.05, 0.1) is 0 Å². The SMILES string of the molecule is CNC(C)c1ccc(N2CCC(N(C)C)CC2)cc1O. The van der Waals surface area contributed by atoms with E-state index in [1.165, 1.54) is 12.8 Å². The van der Waals surface area contributed by atoms with Gasteiger partial charge in [-0.05, 0) is 47.0 Å². The van der Waals surface area contributed by atoms with Crippen LogP contribution in [0.4, 0.5) is 5.69 Å². The molecule has 1 aromatic carbocycles. The second kappa shape index (κ2) is 6.46. The number of hydrogen-bond acceptors (Lipinski definition) is 4. The number of hydrogen-bond donors (Lipinski definition) is 2. The Morgan fingerprint density at radius 3 is 2.45 bits per heavy atom. The van der Waals surface area contributed by atoms with Crippen LogP contribution in [-0.2, 0) is 0 Å². The maximum absolute atomic E-state index is 10.2. The van der Waals surface area contributed by atoms with Crippen LogP contribution in [0, 0.1) is 0 Å². The van der Waals surface area contributed by atoms with E-state index in [0.717, 1.165) is 24.3 Å². The standard InChI is InChI=1S/C16H27N3O/c1-12(17-2)15-6-5-14(11-16(15)20)19-9-7-13(8-10-19)18(3)4/h5-6,11-13,17,20H,7-10H2,1-4H3. The van der Waals surface area contributed by atoms with E-state index in [4.69, 9.17) is 0 Å². The van der Waals surface area contributed by atoms with Crippen molar-refractivity contribution in [3.05, 3.63) is 23.8 Å². The number of phenols is 1. The molecule has 2 rings (SSSR count). The minimum absolute atomic E-state index is 0.170. The molecule has 4 nitrogen and oxygen atoms in total. The van der Waals surface area contributed by atoms with Crippen molar-refractivity contribution in [2.45, 2.75) is 31.8 Å². The average molecular weight is 277 g/mol. The molecular weight excluding hydrogens is 250 g/mol. The first kappa shape index (κ1) is 15.1. The van der Waals surface area contributed by atoms with Crippen molar-refractivity contribution in [2.75, 3.05) is 39.1 Å². The van der Waals surface area contributed by atoms with Crippen LogP contribution in [0.2, 0.25) is 0 Å². The highest BCUT2D eigenvalue weighted by atomic mass is 16.3. The van der Waals surface area contributed by atoms with E-state index >= 15 is 0 Å². The molecule has 0 radical (unpaired) electrons. The Kier molecular flexibility index (Phi) is 4.89. The van der Waals surface area contributed by atoms with Gasteiger partial charge in [0, 0.05) is 42.5 Å². The lowest BCUT2D eigenvalue weighted by atomic mass is 10.0. The Morgan fingerprint density at radius 2 is 1.95 bits per heavy atom. The van der Waals surface area contributed by atoms with Crippen molar-refractivity contribution in [3.63, 3.8) is 0 Å². The van der Waals surface area contributed by atoms with Gasteiger partial charge < -0.3 is 20.2 Å². The van der Waals surface area contributed by atoms with E-state index in [-0.39, 0.29) is 6.04 Å². The van der Waals surface area contributed by atoms with E-state index < -0.39 is 0 Å². The summed E-state index contributed by atoms with van der Waals surface area (Å²) in [5.74, 6) is 0.388. The Labute approximate surface area is 122 Å². The lowest BCUT2D eigenvalue weighted by Gasteiger charge is -2.36. The fourth-order valence-electron chi connectivity index (χ4n) is 2.89. The minimum Gasteiger partial charge on any atom is -0.508 e. The summed E-state index contributed by atoms with van der Waals surface area (Å²) in [5, 5.41) is 13.3. The summed E-state index contributed by atoms with van der Waals surface area (Å²) in [6, 6.07) is 6.91. The van der Waals surface area contributed by atoms with E-state index in [9.17, 15) is 5.11 Å². The predicted octanol–water partition coefficient (Wildman–Crippen LogP) is 2.20. The van der Waals surface area contributed by atoms with Crippen molar-refractivity contribution in [2.24, 2.45) is 0 Å². The molecule has 1 aromatic rings. The number of piperidine rings is 1. The van der Waals surface area contributed by atoms with Crippen molar-refractivity contribution in [1.29, 1.82) is 0 Å². The molecule has 1 saturated heterocycles. The monoisotopic (exact) mass is 277 g/mol. The molecule has 112 valence electrons. The van der Waals surface area contributed by atoms with E-state index in [2.05, 4.69) is 42.2 Å². The molecule has 0 aromatic heterocycles. The predicted molar refractivity (Wildman–Crippen MR) is 84.5 cm³/mol. The summed E-state index contributed by atoms with van der Waals surface area (Å²) >= 11 is 0. The van der Waals surface area contributed by atoms with Gasteiger partial charge in [-0.1, -0.05) is 6.07 Å². The summed E-state index contributed by atoms with van der Waals surface area (Å²) in [7, 11) is 6.21. The molecule has 0 aliphatic carbocycles. The fourth-order valence-corrected chi connectivity index (χ4v) is 2.89. The lowest BCUT2D eigenvalue weighted by molar-refractivity contribution is 0.249. The molecule has 0 spiro atoms.